The van der Waals surface area contributed by atoms with Crippen molar-refractivity contribution in [3.8, 4) is 0 Å². The normalized spacial score (nSPS) is 12.7. The van der Waals surface area contributed by atoms with Gasteiger partial charge in [0.05, 0.1) is 39.0 Å². The van der Waals surface area contributed by atoms with Gasteiger partial charge in [0, 0.05) is 0 Å². The number of hydrogen-bond acceptors (Lipinski definition) is 4. The highest BCUT2D eigenvalue weighted by Gasteiger charge is 2.00. The van der Waals surface area contributed by atoms with Crippen LogP contribution in [0.4, 0.5) is 0 Å². The maximum atomic E-state index is 10.1. The van der Waals surface area contributed by atoms with Crippen molar-refractivity contribution in [2.24, 2.45) is 0 Å². The molecule has 0 aromatic heterocycles. The number of aliphatic carboxylic acids is 1. The molecule has 0 saturated heterocycles. The predicted molar refractivity (Wildman–Crippen MR) is 50.2 cm³/mol. The van der Waals surface area contributed by atoms with Gasteiger partial charge in [0.2, 0.25) is 0 Å². The van der Waals surface area contributed by atoms with Crippen LogP contribution in [0.25, 0.3) is 0 Å². The molecule has 84 valence electrons. The van der Waals surface area contributed by atoms with Crippen LogP contribution in [0.2, 0.25) is 0 Å². The molecule has 1 unspecified atom stereocenters. The van der Waals surface area contributed by atoms with Gasteiger partial charge < -0.3 is 19.7 Å². The third-order valence-electron chi connectivity index (χ3n) is 1.61. The lowest BCUT2D eigenvalue weighted by molar-refractivity contribution is -0.138. The number of aliphatic hydroxyl groups excluding tert-OH is 1. The zero-order chi connectivity index (χ0) is 10.8. The van der Waals surface area contributed by atoms with Crippen molar-refractivity contribution in [2.45, 2.75) is 25.9 Å². The lowest BCUT2D eigenvalue weighted by atomic mass is 10.3. The van der Waals surface area contributed by atoms with E-state index in [2.05, 4.69) is 0 Å². The molecule has 0 rings (SSSR count). The van der Waals surface area contributed by atoms with Crippen LogP contribution in [0.15, 0.2) is 0 Å². The molecular formula is C9H18O5. The van der Waals surface area contributed by atoms with Crippen LogP contribution in [0.1, 0.15) is 19.8 Å². The van der Waals surface area contributed by atoms with E-state index in [1.54, 1.807) is 0 Å². The molecule has 0 fully saturated rings. The van der Waals surface area contributed by atoms with E-state index in [0.717, 1.165) is 0 Å². The van der Waals surface area contributed by atoms with Crippen molar-refractivity contribution in [1.29, 1.82) is 0 Å². The molecule has 0 aromatic rings. The second kappa shape index (κ2) is 8.93. The second-order valence-corrected chi connectivity index (χ2v) is 2.89. The Hall–Kier alpha value is -0.650. The van der Waals surface area contributed by atoms with E-state index in [0.29, 0.717) is 26.2 Å². The quantitative estimate of drug-likeness (QED) is 0.529. The molecule has 2 N–H and O–H groups in total. The number of rotatable bonds is 9. The van der Waals surface area contributed by atoms with Crippen molar-refractivity contribution >= 4 is 5.97 Å². The van der Waals surface area contributed by atoms with E-state index in [-0.39, 0.29) is 13.0 Å². The molecule has 1 atom stereocenters. The molecule has 0 amide bonds. The third kappa shape index (κ3) is 9.44. The molecular weight excluding hydrogens is 188 g/mol. The number of hydrogen-bond donors (Lipinski definition) is 2. The first-order chi connectivity index (χ1) is 6.66. The molecule has 0 aliphatic carbocycles. The van der Waals surface area contributed by atoms with E-state index < -0.39 is 12.1 Å². The van der Waals surface area contributed by atoms with Gasteiger partial charge in [0.15, 0.2) is 0 Å². The van der Waals surface area contributed by atoms with Gasteiger partial charge in [-0.15, -0.1) is 0 Å². The predicted octanol–water partition coefficient (Wildman–Crippen LogP) is 0.265. The van der Waals surface area contributed by atoms with Crippen LogP contribution in [-0.2, 0) is 14.3 Å². The molecule has 0 heterocycles. The van der Waals surface area contributed by atoms with Crippen molar-refractivity contribution in [2.75, 3.05) is 26.4 Å². The third-order valence-corrected chi connectivity index (χ3v) is 1.61. The van der Waals surface area contributed by atoms with Crippen LogP contribution in [0.3, 0.4) is 0 Å². The number of carboxylic acids is 1. The molecule has 0 saturated carbocycles. The minimum absolute atomic E-state index is 0.0115. The molecule has 0 aliphatic rings. The number of ether oxygens (including phenoxy) is 2. The van der Waals surface area contributed by atoms with Gasteiger partial charge in [0.1, 0.15) is 0 Å². The summed E-state index contributed by atoms with van der Waals surface area (Å²) < 4.78 is 10.0. The first kappa shape index (κ1) is 13.4. The summed E-state index contributed by atoms with van der Waals surface area (Å²) >= 11 is 0. The molecule has 0 bridgehead atoms. The highest BCUT2D eigenvalue weighted by atomic mass is 16.5. The monoisotopic (exact) mass is 206 g/mol. The Balaban J connectivity index is 3.02. The van der Waals surface area contributed by atoms with Crippen molar-refractivity contribution < 1.29 is 24.5 Å². The van der Waals surface area contributed by atoms with E-state index in [1.165, 1.54) is 0 Å². The first-order valence-electron chi connectivity index (χ1n) is 4.72. The smallest absolute Gasteiger partial charge is 0.305 e. The fourth-order valence-electron chi connectivity index (χ4n) is 0.717. The summed E-state index contributed by atoms with van der Waals surface area (Å²) in [6, 6.07) is 0. The van der Waals surface area contributed by atoms with Crippen molar-refractivity contribution in [3.63, 3.8) is 0 Å². The Kier molecular flexibility index (Phi) is 8.51. The molecule has 0 aliphatic heterocycles. The van der Waals surface area contributed by atoms with Gasteiger partial charge in [-0.05, 0) is 6.42 Å². The Labute approximate surface area is 83.6 Å². The van der Waals surface area contributed by atoms with Crippen molar-refractivity contribution in [3.05, 3.63) is 0 Å². The van der Waals surface area contributed by atoms with Crippen molar-refractivity contribution in [1.82, 2.24) is 0 Å². The molecule has 0 radical (unpaired) electrons. The Morgan fingerprint density at radius 3 is 2.50 bits per heavy atom. The molecule has 14 heavy (non-hydrogen) atoms. The average molecular weight is 206 g/mol. The summed E-state index contributed by atoms with van der Waals surface area (Å²) in [5, 5.41) is 17.4. The number of carbonyl (C=O) groups is 1. The minimum atomic E-state index is -0.868. The summed E-state index contributed by atoms with van der Waals surface area (Å²) in [7, 11) is 0. The number of carboxylic acid groups (broad SMARTS) is 1. The summed E-state index contributed by atoms with van der Waals surface area (Å²) in [6.07, 6.45) is 0.256. The number of aliphatic hydroxyl groups is 1. The second-order valence-electron chi connectivity index (χ2n) is 2.89. The zero-order valence-electron chi connectivity index (χ0n) is 8.44. The van der Waals surface area contributed by atoms with Crippen LogP contribution in [0.5, 0.6) is 0 Å². The van der Waals surface area contributed by atoms with Gasteiger partial charge in [-0.25, -0.2) is 0 Å². The Morgan fingerprint density at radius 2 is 1.93 bits per heavy atom. The lowest BCUT2D eigenvalue weighted by Gasteiger charge is -2.08. The fourth-order valence-corrected chi connectivity index (χ4v) is 0.717. The van der Waals surface area contributed by atoms with Gasteiger partial charge in [-0.1, -0.05) is 6.92 Å². The largest absolute Gasteiger partial charge is 0.481 e. The molecule has 5 nitrogen and oxygen atoms in total. The Morgan fingerprint density at radius 1 is 1.29 bits per heavy atom. The maximum Gasteiger partial charge on any atom is 0.305 e. The molecule has 0 aromatic carbocycles. The highest BCUT2D eigenvalue weighted by molar-refractivity contribution is 5.66. The average Bonchev–Trinajstić information content (AvgIpc) is 2.15. The summed E-state index contributed by atoms with van der Waals surface area (Å²) in [5.41, 5.74) is 0. The topological polar surface area (TPSA) is 76.0 Å². The molecule has 5 heteroatoms. The van der Waals surface area contributed by atoms with Gasteiger partial charge >= 0.3 is 5.97 Å². The van der Waals surface area contributed by atoms with E-state index in [9.17, 15) is 4.79 Å². The lowest BCUT2D eigenvalue weighted by Crippen LogP contribution is -2.16. The van der Waals surface area contributed by atoms with E-state index in [1.807, 2.05) is 6.92 Å². The SMILES string of the molecule is CCC(O)COCCOCCC(=O)O. The summed E-state index contributed by atoms with van der Waals surface area (Å²) in [5.74, 6) is -0.868. The Bertz CT molecular complexity index is 148. The summed E-state index contributed by atoms with van der Waals surface area (Å²) in [4.78, 5) is 10.1. The van der Waals surface area contributed by atoms with Crippen LogP contribution >= 0.6 is 0 Å². The van der Waals surface area contributed by atoms with Gasteiger partial charge in [-0.2, -0.15) is 0 Å². The minimum Gasteiger partial charge on any atom is -0.481 e. The van der Waals surface area contributed by atoms with Gasteiger partial charge in [-0.3, -0.25) is 4.79 Å². The van der Waals surface area contributed by atoms with Gasteiger partial charge in [0.25, 0.3) is 0 Å². The first-order valence-corrected chi connectivity index (χ1v) is 4.72. The fraction of sp³-hybridized carbons (Fsp3) is 0.889. The van der Waals surface area contributed by atoms with Crippen LogP contribution in [0, 0.1) is 0 Å². The zero-order valence-corrected chi connectivity index (χ0v) is 8.44. The molecule has 0 spiro atoms. The van der Waals surface area contributed by atoms with Crippen LogP contribution in [-0.4, -0.2) is 48.7 Å². The highest BCUT2D eigenvalue weighted by Crippen LogP contribution is 1.91. The standard InChI is InChI=1S/C9H18O5/c1-2-8(10)7-14-6-5-13-4-3-9(11)12/h8,10H,2-7H2,1H3,(H,11,12). The van der Waals surface area contributed by atoms with E-state index >= 15 is 0 Å². The van der Waals surface area contributed by atoms with E-state index in [4.69, 9.17) is 19.7 Å². The van der Waals surface area contributed by atoms with Crippen LogP contribution < -0.4 is 0 Å². The summed E-state index contributed by atoms with van der Waals surface area (Å²) in [6.45, 7) is 3.13. The maximum absolute atomic E-state index is 10.1.